The Labute approximate surface area is 161 Å². The molecule has 0 amide bonds. The number of phenolic OH excluding ortho intramolecular Hbond substituents is 1. The van der Waals surface area contributed by atoms with Gasteiger partial charge in [0.2, 0.25) is 11.8 Å². The lowest BCUT2D eigenvalue weighted by Gasteiger charge is -2.17. The minimum atomic E-state index is -0.348. The summed E-state index contributed by atoms with van der Waals surface area (Å²) < 4.78 is 5.94. The fourth-order valence-corrected chi connectivity index (χ4v) is 2.97. The van der Waals surface area contributed by atoms with Crippen molar-refractivity contribution in [2.75, 3.05) is 5.32 Å². The van der Waals surface area contributed by atoms with Gasteiger partial charge in [0.25, 0.3) is 0 Å². The smallest absolute Gasteiger partial charge is 0.249 e. The number of phenols is 1. The fourth-order valence-electron chi connectivity index (χ4n) is 2.75. The molecule has 134 valence electrons. The first-order chi connectivity index (χ1) is 13.2. The standard InChI is InChI=1S/C21H16ClN3O2/c22-18-9-5-4-8-17(18)20-24-25-21(27-20)19(14-6-2-1-3-7-14)23-15-10-12-16(26)13-11-15/h1-13,19,23,26H/t19-/m1/s1. The summed E-state index contributed by atoms with van der Waals surface area (Å²) >= 11 is 6.24. The van der Waals surface area contributed by atoms with Crippen LogP contribution >= 0.6 is 11.6 Å². The van der Waals surface area contributed by atoms with Gasteiger partial charge in [0.05, 0.1) is 10.6 Å². The lowest BCUT2D eigenvalue weighted by molar-refractivity contribution is 0.475. The molecule has 0 fully saturated rings. The van der Waals surface area contributed by atoms with Crippen molar-refractivity contribution in [3.8, 4) is 17.2 Å². The molecule has 0 aliphatic rings. The Bertz CT molecular complexity index is 1030. The van der Waals surface area contributed by atoms with Crippen LogP contribution < -0.4 is 5.32 Å². The number of aromatic hydroxyl groups is 1. The molecule has 0 saturated carbocycles. The molecule has 4 rings (SSSR count). The van der Waals surface area contributed by atoms with Gasteiger partial charge >= 0.3 is 0 Å². The first-order valence-corrected chi connectivity index (χ1v) is 8.77. The number of hydrogen-bond donors (Lipinski definition) is 2. The Morgan fingerprint density at radius 1 is 0.852 bits per heavy atom. The van der Waals surface area contributed by atoms with Crippen LogP contribution in [0.1, 0.15) is 17.5 Å². The third-order valence-corrected chi connectivity index (χ3v) is 4.43. The second kappa shape index (κ2) is 7.51. The molecule has 4 aromatic rings. The molecule has 0 unspecified atom stereocenters. The number of rotatable bonds is 5. The molecule has 6 heteroatoms. The van der Waals surface area contributed by atoms with Crippen LogP contribution in [0, 0.1) is 0 Å². The first-order valence-electron chi connectivity index (χ1n) is 8.39. The molecule has 5 nitrogen and oxygen atoms in total. The van der Waals surface area contributed by atoms with Crippen molar-refractivity contribution in [1.82, 2.24) is 10.2 Å². The zero-order valence-electron chi connectivity index (χ0n) is 14.2. The van der Waals surface area contributed by atoms with E-state index in [0.717, 1.165) is 11.3 Å². The predicted octanol–water partition coefficient (Wildman–Crippen LogP) is 5.30. The average Bonchev–Trinajstić information content (AvgIpc) is 3.18. The molecule has 1 aromatic heterocycles. The molecule has 0 aliphatic heterocycles. The van der Waals surface area contributed by atoms with Crippen molar-refractivity contribution in [3.05, 3.63) is 95.3 Å². The van der Waals surface area contributed by atoms with Crippen LogP contribution in [-0.4, -0.2) is 15.3 Å². The summed E-state index contributed by atoms with van der Waals surface area (Å²) in [4.78, 5) is 0. The Kier molecular flexibility index (Phi) is 4.77. The summed E-state index contributed by atoms with van der Waals surface area (Å²) in [5, 5.41) is 21.8. The van der Waals surface area contributed by atoms with Gasteiger partial charge in [-0.15, -0.1) is 10.2 Å². The van der Waals surface area contributed by atoms with E-state index in [-0.39, 0.29) is 11.8 Å². The van der Waals surface area contributed by atoms with E-state index >= 15 is 0 Å². The Morgan fingerprint density at radius 2 is 1.56 bits per heavy atom. The van der Waals surface area contributed by atoms with Gasteiger partial charge < -0.3 is 14.8 Å². The van der Waals surface area contributed by atoms with Gasteiger partial charge in [0, 0.05) is 5.69 Å². The Morgan fingerprint density at radius 3 is 2.30 bits per heavy atom. The molecule has 27 heavy (non-hydrogen) atoms. The lowest BCUT2D eigenvalue weighted by Crippen LogP contribution is -2.12. The number of aromatic nitrogens is 2. The average molecular weight is 378 g/mol. The lowest BCUT2D eigenvalue weighted by atomic mass is 10.1. The predicted molar refractivity (Wildman–Crippen MR) is 105 cm³/mol. The molecule has 0 saturated heterocycles. The second-order valence-corrected chi connectivity index (χ2v) is 6.37. The maximum absolute atomic E-state index is 9.50. The van der Waals surface area contributed by atoms with E-state index < -0.39 is 0 Å². The summed E-state index contributed by atoms with van der Waals surface area (Å²) in [6.07, 6.45) is 0. The van der Waals surface area contributed by atoms with Gasteiger partial charge in [0.1, 0.15) is 11.8 Å². The molecule has 1 atom stereocenters. The monoisotopic (exact) mass is 377 g/mol. The zero-order chi connectivity index (χ0) is 18.6. The number of hydrogen-bond acceptors (Lipinski definition) is 5. The van der Waals surface area contributed by atoms with Gasteiger partial charge in [-0.05, 0) is 42.0 Å². The van der Waals surface area contributed by atoms with Crippen LogP contribution in [0.25, 0.3) is 11.5 Å². The number of nitrogens with zero attached hydrogens (tertiary/aromatic N) is 2. The van der Waals surface area contributed by atoms with E-state index in [1.54, 1.807) is 30.3 Å². The number of benzene rings is 3. The number of nitrogens with one attached hydrogen (secondary N) is 1. The molecule has 3 aromatic carbocycles. The van der Waals surface area contributed by atoms with E-state index in [1.807, 2.05) is 48.5 Å². The third kappa shape index (κ3) is 3.78. The van der Waals surface area contributed by atoms with Crippen molar-refractivity contribution in [2.45, 2.75) is 6.04 Å². The van der Waals surface area contributed by atoms with Crippen LogP contribution in [0.2, 0.25) is 5.02 Å². The van der Waals surface area contributed by atoms with E-state index in [0.29, 0.717) is 22.4 Å². The minimum Gasteiger partial charge on any atom is -0.508 e. The van der Waals surface area contributed by atoms with Gasteiger partial charge in [-0.25, -0.2) is 0 Å². The van der Waals surface area contributed by atoms with E-state index in [9.17, 15) is 5.11 Å². The SMILES string of the molecule is Oc1ccc(N[C@H](c2ccccc2)c2nnc(-c3ccccc3Cl)o2)cc1. The van der Waals surface area contributed by atoms with Gasteiger partial charge in [-0.2, -0.15) is 0 Å². The summed E-state index contributed by atoms with van der Waals surface area (Å²) in [5.41, 5.74) is 2.48. The maximum Gasteiger partial charge on any atom is 0.249 e. The second-order valence-electron chi connectivity index (χ2n) is 5.96. The van der Waals surface area contributed by atoms with E-state index in [1.165, 1.54) is 0 Å². The van der Waals surface area contributed by atoms with Crippen LogP contribution in [0.15, 0.2) is 83.3 Å². The highest BCUT2D eigenvalue weighted by Gasteiger charge is 2.22. The van der Waals surface area contributed by atoms with Crippen molar-refractivity contribution < 1.29 is 9.52 Å². The van der Waals surface area contributed by atoms with Crippen molar-refractivity contribution >= 4 is 17.3 Å². The van der Waals surface area contributed by atoms with Gasteiger partial charge in [0.15, 0.2) is 0 Å². The largest absolute Gasteiger partial charge is 0.508 e. The highest BCUT2D eigenvalue weighted by atomic mass is 35.5. The van der Waals surface area contributed by atoms with Crippen molar-refractivity contribution in [1.29, 1.82) is 0 Å². The highest BCUT2D eigenvalue weighted by molar-refractivity contribution is 6.33. The van der Waals surface area contributed by atoms with Gasteiger partial charge in [-0.1, -0.05) is 54.1 Å². The highest BCUT2D eigenvalue weighted by Crippen LogP contribution is 2.31. The zero-order valence-corrected chi connectivity index (χ0v) is 15.0. The summed E-state index contributed by atoms with van der Waals surface area (Å²) in [6.45, 7) is 0. The summed E-state index contributed by atoms with van der Waals surface area (Å²) in [5.74, 6) is 0.990. The van der Waals surface area contributed by atoms with Crippen LogP contribution in [-0.2, 0) is 0 Å². The molecule has 0 aliphatic carbocycles. The van der Waals surface area contributed by atoms with Crippen molar-refractivity contribution in [2.24, 2.45) is 0 Å². The molecule has 0 spiro atoms. The van der Waals surface area contributed by atoms with Gasteiger partial charge in [-0.3, -0.25) is 0 Å². The topological polar surface area (TPSA) is 71.2 Å². The molecule has 2 N–H and O–H groups in total. The van der Waals surface area contributed by atoms with Crippen LogP contribution in [0.4, 0.5) is 5.69 Å². The summed E-state index contributed by atoms with van der Waals surface area (Å²) in [7, 11) is 0. The van der Waals surface area contributed by atoms with Crippen molar-refractivity contribution in [3.63, 3.8) is 0 Å². The molecular formula is C21H16ClN3O2. The minimum absolute atomic E-state index is 0.204. The fraction of sp³-hybridized carbons (Fsp3) is 0.0476. The molecule has 1 heterocycles. The maximum atomic E-state index is 9.50. The summed E-state index contributed by atoms with van der Waals surface area (Å²) in [6, 6.07) is 23.6. The molecule has 0 radical (unpaired) electrons. The normalized spacial score (nSPS) is 11.9. The van der Waals surface area contributed by atoms with Crippen LogP contribution in [0.3, 0.4) is 0 Å². The quantitative estimate of drug-likeness (QED) is 0.462. The number of anilines is 1. The molecular weight excluding hydrogens is 362 g/mol. The first kappa shape index (κ1) is 17.1. The van der Waals surface area contributed by atoms with E-state index in [2.05, 4.69) is 15.5 Å². The van der Waals surface area contributed by atoms with Crippen LogP contribution in [0.5, 0.6) is 5.75 Å². The third-order valence-electron chi connectivity index (χ3n) is 4.10. The van der Waals surface area contributed by atoms with E-state index in [4.69, 9.17) is 16.0 Å². The number of halogens is 1. The Balaban J connectivity index is 1.71. The Hall–Kier alpha value is -3.31. The molecule has 0 bridgehead atoms.